The number of hydrogen-bond donors (Lipinski definition) is 2. The van der Waals surface area contributed by atoms with Crippen LogP contribution in [0.4, 0.5) is 5.69 Å². The minimum atomic E-state index is -0.411. The summed E-state index contributed by atoms with van der Waals surface area (Å²) in [7, 11) is 0. The molecule has 1 heterocycles. The Morgan fingerprint density at radius 3 is 2.53 bits per heavy atom. The van der Waals surface area contributed by atoms with Gasteiger partial charge >= 0.3 is 0 Å². The zero-order chi connectivity index (χ0) is 21.5. The van der Waals surface area contributed by atoms with Crippen LogP contribution < -0.4 is 15.4 Å². The van der Waals surface area contributed by atoms with Gasteiger partial charge in [0.15, 0.2) is 0 Å². The van der Waals surface area contributed by atoms with Gasteiger partial charge in [0.2, 0.25) is 0 Å². The number of benzene rings is 2. The first kappa shape index (κ1) is 21.3. The number of aryl methyl sites for hydroxylation is 1. The molecule has 30 heavy (non-hydrogen) atoms. The van der Waals surface area contributed by atoms with E-state index in [0.29, 0.717) is 17.0 Å². The second-order valence-corrected chi connectivity index (χ2v) is 8.02. The summed E-state index contributed by atoms with van der Waals surface area (Å²) in [6.07, 6.45) is 1.70. The highest BCUT2D eigenvalue weighted by Crippen LogP contribution is 2.20. The molecule has 2 N–H and O–H groups in total. The fourth-order valence-electron chi connectivity index (χ4n) is 2.77. The Bertz CT molecular complexity index is 1060. The zero-order valence-corrected chi connectivity index (χ0v) is 18.0. The van der Waals surface area contributed by atoms with E-state index < -0.39 is 5.91 Å². The van der Waals surface area contributed by atoms with E-state index in [-0.39, 0.29) is 17.7 Å². The van der Waals surface area contributed by atoms with Crippen molar-refractivity contribution in [1.29, 1.82) is 0 Å². The molecule has 5 nitrogen and oxygen atoms in total. The van der Waals surface area contributed by atoms with E-state index in [9.17, 15) is 9.59 Å². The summed E-state index contributed by atoms with van der Waals surface area (Å²) in [5, 5.41) is 7.50. The molecule has 0 saturated heterocycles. The highest BCUT2D eigenvalue weighted by atomic mass is 32.1. The summed E-state index contributed by atoms with van der Waals surface area (Å²) in [4.78, 5) is 26.6. The number of nitrogens with one attached hydrogen (secondary N) is 2. The van der Waals surface area contributed by atoms with Crippen LogP contribution in [0.2, 0.25) is 0 Å². The Kier molecular flexibility index (Phi) is 7.03. The second kappa shape index (κ2) is 9.89. The molecule has 0 unspecified atom stereocenters. The Labute approximate surface area is 180 Å². The van der Waals surface area contributed by atoms with Crippen molar-refractivity contribution < 1.29 is 14.3 Å². The molecular formula is C24H24N2O3S. The molecule has 154 valence electrons. The quantitative estimate of drug-likeness (QED) is 0.513. The van der Waals surface area contributed by atoms with E-state index >= 15 is 0 Å². The topological polar surface area (TPSA) is 67.4 Å². The van der Waals surface area contributed by atoms with E-state index in [1.54, 1.807) is 36.4 Å². The molecule has 2 aromatic carbocycles. The van der Waals surface area contributed by atoms with Crippen LogP contribution in [0.5, 0.6) is 5.75 Å². The molecule has 6 heteroatoms. The number of hydrogen-bond acceptors (Lipinski definition) is 4. The largest absolute Gasteiger partial charge is 0.491 e. The summed E-state index contributed by atoms with van der Waals surface area (Å²) >= 11 is 1.48. The zero-order valence-electron chi connectivity index (χ0n) is 17.1. The fourth-order valence-corrected chi connectivity index (χ4v) is 3.43. The molecule has 0 bridgehead atoms. The maximum atomic E-state index is 13.0. The maximum Gasteiger partial charge on any atom is 0.272 e. The standard InChI is InChI=1S/C24H24N2O3S/c1-16(2)29-20-10-5-9-19(14-20)25-24(28)22(15-21-11-6-12-30-21)26-23(27)18-8-4-7-17(3)13-18/h4-16H,1-3H3,(H,25,28)(H,26,27)/b22-15-. The number of ether oxygens (including phenoxy) is 1. The minimum Gasteiger partial charge on any atom is -0.491 e. The number of amides is 2. The third-order valence-corrected chi connectivity index (χ3v) is 4.89. The predicted molar refractivity (Wildman–Crippen MR) is 122 cm³/mol. The fraction of sp³-hybridized carbons (Fsp3) is 0.167. The van der Waals surface area contributed by atoms with Gasteiger partial charge in [-0.3, -0.25) is 9.59 Å². The minimum absolute atomic E-state index is 0.0267. The first-order valence-electron chi connectivity index (χ1n) is 9.62. The third kappa shape index (κ3) is 6.06. The lowest BCUT2D eigenvalue weighted by Gasteiger charge is -2.13. The van der Waals surface area contributed by atoms with Gasteiger partial charge in [0.1, 0.15) is 11.4 Å². The van der Waals surface area contributed by atoms with Crippen LogP contribution in [-0.2, 0) is 4.79 Å². The van der Waals surface area contributed by atoms with Crippen LogP contribution in [0.1, 0.15) is 34.6 Å². The van der Waals surface area contributed by atoms with E-state index in [1.165, 1.54) is 11.3 Å². The Hall–Kier alpha value is -3.38. The summed E-state index contributed by atoms with van der Waals surface area (Å²) < 4.78 is 5.68. The van der Waals surface area contributed by atoms with Crippen molar-refractivity contribution in [3.8, 4) is 5.75 Å². The normalized spacial score (nSPS) is 11.3. The van der Waals surface area contributed by atoms with Crippen molar-refractivity contribution in [2.24, 2.45) is 0 Å². The van der Waals surface area contributed by atoms with Crippen molar-refractivity contribution in [3.63, 3.8) is 0 Å². The Morgan fingerprint density at radius 2 is 1.83 bits per heavy atom. The van der Waals surface area contributed by atoms with Crippen LogP contribution in [0.3, 0.4) is 0 Å². The lowest BCUT2D eigenvalue weighted by atomic mass is 10.1. The van der Waals surface area contributed by atoms with Crippen LogP contribution in [0.25, 0.3) is 6.08 Å². The molecule has 3 rings (SSSR count). The molecule has 0 radical (unpaired) electrons. The van der Waals surface area contributed by atoms with Gasteiger partial charge in [-0.1, -0.05) is 29.8 Å². The number of rotatable bonds is 7. The van der Waals surface area contributed by atoms with Crippen molar-refractivity contribution >= 4 is 34.9 Å². The lowest BCUT2D eigenvalue weighted by molar-refractivity contribution is -0.113. The van der Waals surface area contributed by atoms with Gasteiger partial charge in [0.05, 0.1) is 6.10 Å². The molecular weight excluding hydrogens is 396 g/mol. The molecule has 0 aliphatic rings. The number of carbonyl (C=O) groups excluding carboxylic acids is 2. The predicted octanol–water partition coefficient (Wildman–Crippen LogP) is 5.25. The molecule has 0 atom stereocenters. The average Bonchev–Trinajstić information content (AvgIpc) is 3.20. The van der Waals surface area contributed by atoms with Gasteiger partial charge in [-0.15, -0.1) is 11.3 Å². The molecule has 0 aliphatic heterocycles. The highest BCUT2D eigenvalue weighted by Gasteiger charge is 2.16. The molecule has 0 fully saturated rings. The van der Waals surface area contributed by atoms with Crippen LogP contribution in [0.15, 0.2) is 71.7 Å². The van der Waals surface area contributed by atoms with E-state index in [4.69, 9.17) is 4.74 Å². The highest BCUT2D eigenvalue weighted by molar-refractivity contribution is 7.10. The van der Waals surface area contributed by atoms with Gasteiger partial charge in [-0.2, -0.15) is 0 Å². The van der Waals surface area contributed by atoms with Gasteiger partial charge in [0, 0.05) is 22.2 Å². The van der Waals surface area contributed by atoms with Crippen molar-refractivity contribution in [3.05, 3.63) is 87.7 Å². The molecule has 3 aromatic rings. The molecule has 0 aliphatic carbocycles. The molecule has 0 spiro atoms. The van der Waals surface area contributed by atoms with E-state index in [0.717, 1.165) is 10.4 Å². The summed E-state index contributed by atoms with van der Waals surface area (Å²) in [6, 6.07) is 18.2. The van der Waals surface area contributed by atoms with Crippen LogP contribution in [-0.4, -0.2) is 17.9 Å². The van der Waals surface area contributed by atoms with Gasteiger partial charge in [0.25, 0.3) is 11.8 Å². The summed E-state index contributed by atoms with van der Waals surface area (Å²) in [5.74, 6) is -0.0879. The van der Waals surface area contributed by atoms with Crippen molar-refractivity contribution in [2.75, 3.05) is 5.32 Å². The SMILES string of the molecule is Cc1cccc(C(=O)N/C(=C\c2cccs2)C(=O)Nc2cccc(OC(C)C)c2)c1. The average molecular weight is 421 g/mol. The van der Waals surface area contributed by atoms with Crippen molar-refractivity contribution in [2.45, 2.75) is 26.9 Å². The lowest BCUT2D eigenvalue weighted by Crippen LogP contribution is -2.30. The maximum absolute atomic E-state index is 13.0. The Balaban J connectivity index is 1.82. The number of carbonyl (C=O) groups is 2. The summed E-state index contributed by atoms with van der Waals surface area (Å²) in [6.45, 7) is 5.79. The number of thiophene rings is 1. The van der Waals surface area contributed by atoms with E-state index in [1.807, 2.05) is 56.5 Å². The monoisotopic (exact) mass is 420 g/mol. The third-order valence-electron chi connectivity index (χ3n) is 4.07. The number of anilines is 1. The van der Waals surface area contributed by atoms with E-state index in [2.05, 4.69) is 10.6 Å². The summed E-state index contributed by atoms with van der Waals surface area (Å²) in [5.41, 5.74) is 2.21. The first-order valence-corrected chi connectivity index (χ1v) is 10.5. The van der Waals surface area contributed by atoms with Gasteiger partial charge in [-0.05, 0) is 62.6 Å². The van der Waals surface area contributed by atoms with Crippen molar-refractivity contribution in [1.82, 2.24) is 5.32 Å². The first-order chi connectivity index (χ1) is 14.4. The smallest absolute Gasteiger partial charge is 0.272 e. The Morgan fingerprint density at radius 1 is 1.03 bits per heavy atom. The van der Waals surface area contributed by atoms with Gasteiger partial charge < -0.3 is 15.4 Å². The van der Waals surface area contributed by atoms with Gasteiger partial charge in [-0.25, -0.2) is 0 Å². The molecule has 1 aromatic heterocycles. The van der Waals surface area contributed by atoms with Crippen LogP contribution in [0, 0.1) is 6.92 Å². The molecule has 2 amide bonds. The molecule has 0 saturated carbocycles. The van der Waals surface area contributed by atoms with Crippen LogP contribution >= 0.6 is 11.3 Å². The second-order valence-electron chi connectivity index (χ2n) is 7.05.